The van der Waals surface area contributed by atoms with Gasteiger partial charge in [-0.05, 0) is 41.3 Å². The fourth-order valence-corrected chi connectivity index (χ4v) is 4.05. The van der Waals surface area contributed by atoms with Crippen LogP contribution in [0.25, 0.3) is 11.1 Å². The number of hydrogen-bond acceptors (Lipinski definition) is 5. The summed E-state index contributed by atoms with van der Waals surface area (Å²) in [6, 6.07) is 18.7. The number of carbonyl (C=O) groups is 2. The Kier molecular flexibility index (Phi) is 6.14. The summed E-state index contributed by atoms with van der Waals surface area (Å²) in [5.74, 6) is -0.533. The van der Waals surface area contributed by atoms with Gasteiger partial charge in [0.15, 0.2) is 5.78 Å². The smallest absolute Gasteiger partial charge is 0.338 e. The lowest BCUT2D eigenvalue weighted by molar-refractivity contribution is 0.0601. The molecule has 6 nitrogen and oxygen atoms in total. The first-order valence-electron chi connectivity index (χ1n) is 9.14. The van der Waals surface area contributed by atoms with Crippen LogP contribution < -0.4 is 5.14 Å². The molecule has 7 heteroatoms. The van der Waals surface area contributed by atoms with Crippen LogP contribution in [0.15, 0.2) is 71.6 Å². The van der Waals surface area contributed by atoms with Gasteiger partial charge in [0.1, 0.15) is 0 Å². The first kappa shape index (κ1) is 21.4. The molecule has 2 N–H and O–H groups in total. The number of esters is 1. The minimum atomic E-state index is -3.79. The van der Waals surface area contributed by atoms with Crippen molar-refractivity contribution in [1.82, 2.24) is 0 Å². The summed E-state index contributed by atoms with van der Waals surface area (Å²) in [5, 5.41) is 5.18. The molecule has 0 saturated heterocycles. The average molecular weight is 423 g/mol. The Morgan fingerprint density at radius 2 is 1.63 bits per heavy atom. The monoisotopic (exact) mass is 423 g/mol. The number of ether oxygens (including phenoxy) is 1. The highest BCUT2D eigenvalue weighted by Gasteiger charge is 2.15. The molecule has 0 spiro atoms. The van der Waals surface area contributed by atoms with Crippen molar-refractivity contribution in [2.24, 2.45) is 5.14 Å². The van der Waals surface area contributed by atoms with E-state index < -0.39 is 16.0 Å². The highest BCUT2D eigenvalue weighted by molar-refractivity contribution is 7.89. The normalized spacial score (nSPS) is 11.2. The summed E-state index contributed by atoms with van der Waals surface area (Å²) in [6.45, 7) is 1.64. The third-order valence-corrected chi connectivity index (χ3v) is 5.83. The molecule has 0 radical (unpaired) electrons. The maximum Gasteiger partial charge on any atom is 0.338 e. The molecule has 0 aliphatic rings. The fraction of sp³-hybridized carbons (Fsp3) is 0.130. The number of nitrogens with two attached hydrogens (primary N) is 1. The highest BCUT2D eigenvalue weighted by Crippen LogP contribution is 2.25. The number of ketones is 1. The van der Waals surface area contributed by atoms with E-state index in [1.807, 2.05) is 12.1 Å². The molecular weight excluding hydrogens is 402 g/mol. The summed E-state index contributed by atoms with van der Waals surface area (Å²) in [4.78, 5) is 24.7. The molecule has 154 valence electrons. The van der Waals surface area contributed by atoms with E-state index in [1.54, 1.807) is 55.5 Å². The third kappa shape index (κ3) is 4.64. The van der Waals surface area contributed by atoms with E-state index >= 15 is 0 Å². The molecule has 0 aromatic heterocycles. The minimum Gasteiger partial charge on any atom is -0.465 e. The second kappa shape index (κ2) is 8.61. The molecule has 30 heavy (non-hydrogen) atoms. The molecule has 3 rings (SSSR count). The van der Waals surface area contributed by atoms with E-state index in [-0.39, 0.29) is 17.1 Å². The fourth-order valence-electron chi connectivity index (χ4n) is 3.29. The zero-order valence-electron chi connectivity index (χ0n) is 16.6. The molecule has 0 unspecified atom stereocenters. The Hall–Kier alpha value is -3.29. The number of carbonyl (C=O) groups excluding carboxylic acids is 2. The van der Waals surface area contributed by atoms with Crippen molar-refractivity contribution in [3.05, 3.63) is 89.0 Å². The van der Waals surface area contributed by atoms with Crippen molar-refractivity contribution >= 4 is 21.8 Å². The number of primary sulfonamides is 1. The molecule has 0 aliphatic carbocycles. The second-order valence-corrected chi connectivity index (χ2v) is 8.39. The maximum atomic E-state index is 12.7. The zero-order valence-corrected chi connectivity index (χ0v) is 17.4. The molecule has 0 heterocycles. The first-order chi connectivity index (χ1) is 14.2. The van der Waals surface area contributed by atoms with Gasteiger partial charge in [-0.3, -0.25) is 4.79 Å². The van der Waals surface area contributed by atoms with Gasteiger partial charge in [-0.15, -0.1) is 0 Å². The molecule has 0 amide bonds. The van der Waals surface area contributed by atoms with Crippen LogP contribution in [0, 0.1) is 6.92 Å². The van der Waals surface area contributed by atoms with Crippen molar-refractivity contribution < 1.29 is 22.7 Å². The number of sulfonamides is 1. The van der Waals surface area contributed by atoms with Gasteiger partial charge in [-0.25, -0.2) is 18.4 Å². The highest BCUT2D eigenvalue weighted by atomic mass is 32.2. The number of Topliss-reactive ketones (excluding diaryl/α,β-unsaturated/α-hetero) is 1. The van der Waals surface area contributed by atoms with Gasteiger partial charge < -0.3 is 4.74 Å². The zero-order chi connectivity index (χ0) is 21.9. The number of methoxy groups -OCH3 is 1. The summed E-state index contributed by atoms with van der Waals surface area (Å²) in [6.07, 6.45) is 0.129. The van der Waals surface area contributed by atoms with E-state index in [2.05, 4.69) is 0 Å². The Labute approximate surface area is 175 Å². The van der Waals surface area contributed by atoms with Gasteiger partial charge in [0.25, 0.3) is 0 Å². The van der Waals surface area contributed by atoms with E-state index in [0.717, 1.165) is 11.1 Å². The molecular formula is C23H21NO5S. The third-order valence-electron chi connectivity index (χ3n) is 4.76. The van der Waals surface area contributed by atoms with Gasteiger partial charge in [-0.1, -0.05) is 54.6 Å². The first-order valence-corrected chi connectivity index (χ1v) is 10.7. The molecule has 3 aromatic carbocycles. The standard InChI is InChI=1S/C23H21NO5S/c1-15-13-16(7-12-22(15)30(24,27)28)14-21(25)18-10-8-17(9-11-18)19-5-3-4-6-20(19)23(26)29-2/h3-13H,14H2,1-2H3,(H2,24,27,28). The lowest BCUT2D eigenvalue weighted by atomic mass is 9.96. The van der Waals surface area contributed by atoms with Crippen molar-refractivity contribution in [1.29, 1.82) is 0 Å². The lowest BCUT2D eigenvalue weighted by Crippen LogP contribution is -2.14. The van der Waals surface area contributed by atoms with Crippen molar-refractivity contribution in [2.75, 3.05) is 7.11 Å². The van der Waals surface area contributed by atoms with Crippen LogP contribution in [0.3, 0.4) is 0 Å². The van der Waals surface area contributed by atoms with Crippen LogP contribution in [-0.4, -0.2) is 27.3 Å². The summed E-state index contributed by atoms with van der Waals surface area (Å²) < 4.78 is 27.9. The molecule has 3 aromatic rings. The Bertz CT molecular complexity index is 1210. The van der Waals surface area contributed by atoms with Crippen LogP contribution in [0.5, 0.6) is 0 Å². The van der Waals surface area contributed by atoms with Crippen LogP contribution in [0.2, 0.25) is 0 Å². The Balaban J connectivity index is 1.82. The molecule has 0 atom stereocenters. The second-order valence-electron chi connectivity index (χ2n) is 6.86. The molecule has 0 aliphatic heterocycles. The number of benzene rings is 3. The van der Waals surface area contributed by atoms with Gasteiger partial charge in [0.2, 0.25) is 10.0 Å². The van der Waals surface area contributed by atoms with Gasteiger partial charge in [0, 0.05) is 12.0 Å². The quantitative estimate of drug-likeness (QED) is 0.483. The summed E-state index contributed by atoms with van der Waals surface area (Å²) in [5.41, 5.74) is 3.67. The SMILES string of the molecule is COC(=O)c1ccccc1-c1ccc(C(=O)Cc2ccc(S(N)(=O)=O)c(C)c2)cc1. The summed E-state index contributed by atoms with van der Waals surface area (Å²) >= 11 is 0. The van der Waals surface area contributed by atoms with Crippen molar-refractivity contribution in [2.45, 2.75) is 18.2 Å². The predicted molar refractivity (Wildman–Crippen MR) is 114 cm³/mol. The van der Waals surface area contributed by atoms with E-state index in [4.69, 9.17) is 9.88 Å². The number of hydrogen-bond donors (Lipinski definition) is 1. The van der Waals surface area contributed by atoms with Crippen LogP contribution in [-0.2, 0) is 21.2 Å². The van der Waals surface area contributed by atoms with Crippen LogP contribution >= 0.6 is 0 Å². The number of rotatable bonds is 6. The van der Waals surface area contributed by atoms with Gasteiger partial charge >= 0.3 is 5.97 Å². The Morgan fingerprint density at radius 3 is 2.23 bits per heavy atom. The van der Waals surface area contributed by atoms with Gasteiger partial charge in [0.05, 0.1) is 17.6 Å². The molecule has 0 bridgehead atoms. The van der Waals surface area contributed by atoms with E-state index in [1.165, 1.54) is 13.2 Å². The lowest BCUT2D eigenvalue weighted by Gasteiger charge is -2.09. The Morgan fingerprint density at radius 1 is 0.967 bits per heavy atom. The van der Waals surface area contributed by atoms with E-state index in [9.17, 15) is 18.0 Å². The predicted octanol–water partition coefficient (Wildman–Crippen LogP) is 3.52. The number of aryl methyl sites for hydroxylation is 1. The average Bonchev–Trinajstić information content (AvgIpc) is 2.72. The largest absolute Gasteiger partial charge is 0.465 e. The van der Waals surface area contributed by atoms with Crippen molar-refractivity contribution in [3.63, 3.8) is 0 Å². The van der Waals surface area contributed by atoms with E-state index in [0.29, 0.717) is 22.3 Å². The molecule has 0 saturated carbocycles. The molecule has 0 fully saturated rings. The van der Waals surface area contributed by atoms with Crippen LogP contribution in [0.4, 0.5) is 0 Å². The van der Waals surface area contributed by atoms with Gasteiger partial charge in [-0.2, -0.15) is 0 Å². The minimum absolute atomic E-state index is 0.0484. The summed E-state index contributed by atoms with van der Waals surface area (Å²) in [7, 11) is -2.46. The van der Waals surface area contributed by atoms with Crippen molar-refractivity contribution in [3.8, 4) is 11.1 Å². The topological polar surface area (TPSA) is 104 Å². The maximum absolute atomic E-state index is 12.7. The van der Waals surface area contributed by atoms with Crippen LogP contribution in [0.1, 0.15) is 31.8 Å².